The van der Waals surface area contributed by atoms with Crippen molar-refractivity contribution >= 4 is 33.9 Å². The Morgan fingerprint density at radius 1 is 0.543 bits per heavy atom. The molecule has 0 radical (unpaired) electrons. The summed E-state index contributed by atoms with van der Waals surface area (Å²) in [6, 6.07) is 38.2. The molecule has 0 N–H and O–H groups in total. The summed E-state index contributed by atoms with van der Waals surface area (Å²) < 4.78 is 13.0. The molecular formula is C41H29BN2O2. The summed E-state index contributed by atoms with van der Waals surface area (Å²) in [4.78, 5) is 9.67. The Kier molecular flexibility index (Phi) is 5.91. The molecule has 4 heterocycles. The normalized spacial score (nSPS) is 12.5. The van der Waals surface area contributed by atoms with Crippen LogP contribution in [0.25, 0.3) is 44.4 Å². The van der Waals surface area contributed by atoms with Crippen molar-refractivity contribution < 1.29 is 9.47 Å². The minimum Gasteiger partial charge on any atom is -0.458 e. The average molecular weight is 593 g/mol. The van der Waals surface area contributed by atoms with Crippen LogP contribution in [-0.4, -0.2) is 16.7 Å². The molecule has 7 aromatic rings. The lowest BCUT2D eigenvalue weighted by molar-refractivity contribution is 0.464. The van der Waals surface area contributed by atoms with Crippen LogP contribution in [0, 0.1) is 20.8 Å². The van der Waals surface area contributed by atoms with E-state index in [1.54, 1.807) is 0 Å². The Morgan fingerprint density at radius 2 is 1.22 bits per heavy atom. The van der Waals surface area contributed by atoms with Crippen LogP contribution in [0.4, 0.5) is 0 Å². The van der Waals surface area contributed by atoms with Crippen molar-refractivity contribution in [3.63, 3.8) is 0 Å². The van der Waals surface area contributed by atoms with Gasteiger partial charge < -0.3 is 9.47 Å². The highest BCUT2D eigenvalue weighted by Gasteiger charge is 2.40. The fourth-order valence-corrected chi connectivity index (χ4v) is 7.47. The highest BCUT2D eigenvalue weighted by molar-refractivity contribution is 6.98. The van der Waals surface area contributed by atoms with Crippen molar-refractivity contribution in [3.05, 3.63) is 138 Å². The summed E-state index contributed by atoms with van der Waals surface area (Å²) in [5.41, 5.74) is 13.5. The summed E-state index contributed by atoms with van der Waals surface area (Å²) in [6.07, 6.45) is 3.80. The number of ether oxygens (including phenoxy) is 2. The maximum atomic E-state index is 6.53. The number of benzene rings is 5. The van der Waals surface area contributed by atoms with Gasteiger partial charge >= 0.3 is 0 Å². The minimum atomic E-state index is -0.0710. The molecule has 0 unspecified atom stereocenters. The second-order valence-corrected chi connectivity index (χ2v) is 12.4. The maximum absolute atomic E-state index is 6.53. The molecule has 0 amide bonds. The summed E-state index contributed by atoms with van der Waals surface area (Å²) in [5.74, 6) is 3.35. The first-order chi connectivity index (χ1) is 22.5. The summed E-state index contributed by atoms with van der Waals surface area (Å²) in [6.45, 7) is 6.45. The van der Waals surface area contributed by atoms with Crippen molar-refractivity contribution in [2.45, 2.75) is 20.8 Å². The van der Waals surface area contributed by atoms with Gasteiger partial charge in [-0.05, 0) is 119 Å². The fraction of sp³-hybridized carbons (Fsp3) is 0.0732. The van der Waals surface area contributed by atoms with Gasteiger partial charge in [0.05, 0.1) is 11.4 Å². The predicted octanol–water partition coefficient (Wildman–Crippen LogP) is 8.28. The van der Waals surface area contributed by atoms with Crippen molar-refractivity contribution in [2.24, 2.45) is 0 Å². The molecule has 0 bridgehead atoms. The zero-order valence-electron chi connectivity index (χ0n) is 25.8. The highest BCUT2D eigenvalue weighted by Crippen LogP contribution is 2.37. The Labute approximate surface area is 268 Å². The highest BCUT2D eigenvalue weighted by atomic mass is 16.5. The van der Waals surface area contributed by atoms with Gasteiger partial charge in [-0.3, -0.25) is 9.97 Å². The molecule has 0 spiro atoms. The Bertz CT molecular complexity index is 2340. The average Bonchev–Trinajstić information content (AvgIpc) is 3.07. The molecule has 218 valence electrons. The molecule has 0 aliphatic carbocycles. The fourth-order valence-electron chi connectivity index (χ4n) is 7.47. The van der Waals surface area contributed by atoms with E-state index in [1.807, 2.05) is 30.6 Å². The molecule has 46 heavy (non-hydrogen) atoms. The molecule has 2 aliphatic rings. The quantitative estimate of drug-likeness (QED) is 0.194. The third-order valence-corrected chi connectivity index (χ3v) is 9.36. The van der Waals surface area contributed by atoms with Crippen LogP contribution >= 0.6 is 0 Å². The number of hydrogen-bond acceptors (Lipinski definition) is 4. The Balaban J connectivity index is 1.21. The summed E-state index contributed by atoms with van der Waals surface area (Å²) in [7, 11) is 0. The van der Waals surface area contributed by atoms with Crippen LogP contribution in [0.1, 0.15) is 16.7 Å². The van der Waals surface area contributed by atoms with E-state index in [4.69, 9.17) is 19.4 Å². The lowest BCUT2D eigenvalue weighted by Gasteiger charge is -2.33. The number of aryl methyl sites for hydroxylation is 3. The van der Waals surface area contributed by atoms with Crippen LogP contribution in [0.2, 0.25) is 0 Å². The zero-order chi connectivity index (χ0) is 30.9. The van der Waals surface area contributed by atoms with Gasteiger partial charge in [0.25, 0.3) is 6.71 Å². The van der Waals surface area contributed by atoms with Gasteiger partial charge in [0.1, 0.15) is 23.0 Å². The summed E-state index contributed by atoms with van der Waals surface area (Å²) >= 11 is 0. The molecule has 0 atom stereocenters. The second kappa shape index (κ2) is 10.2. The summed E-state index contributed by atoms with van der Waals surface area (Å²) in [5, 5.41) is 2.29. The van der Waals surface area contributed by atoms with Gasteiger partial charge in [-0.2, -0.15) is 0 Å². The first-order valence-corrected chi connectivity index (χ1v) is 15.7. The van der Waals surface area contributed by atoms with Crippen LogP contribution in [0.15, 0.2) is 122 Å². The molecule has 2 aromatic heterocycles. The first-order valence-electron chi connectivity index (χ1n) is 15.7. The van der Waals surface area contributed by atoms with Crippen molar-refractivity contribution in [1.29, 1.82) is 0 Å². The smallest absolute Gasteiger partial charge is 0.260 e. The molecule has 4 nitrogen and oxygen atoms in total. The SMILES string of the molecule is Cc1cc(C)c(-c2ccnc(-c3ccc4c(c3)B3c5cc(-c6nccc7ccccc67)ccc5Oc5cccc(c53)O4)c2)c(C)c1. The largest absolute Gasteiger partial charge is 0.458 e. The van der Waals surface area contributed by atoms with Gasteiger partial charge in [-0.25, -0.2) is 0 Å². The molecule has 2 aliphatic heterocycles. The third-order valence-electron chi connectivity index (χ3n) is 9.36. The third kappa shape index (κ3) is 4.16. The Morgan fingerprint density at radius 3 is 1.98 bits per heavy atom. The van der Waals surface area contributed by atoms with E-state index in [2.05, 4.69) is 112 Å². The molecule has 5 heteroatoms. The topological polar surface area (TPSA) is 44.2 Å². The van der Waals surface area contributed by atoms with Gasteiger partial charge in [0, 0.05) is 28.8 Å². The van der Waals surface area contributed by atoms with Gasteiger partial charge in [0.15, 0.2) is 0 Å². The van der Waals surface area contributed by atoms with E-state index in [1.165, 1.54) is 33.2 Å². The van der Waals surface area contributed by atoms with Gasteiger partial charge in [0.2, 0.25) is 0 Å². The second-order valence-electron chi connectivity index (χ2n) is 12.4. The number of pyridine rings is 2. The Hall–Kier alpha value is -5.68. The lowest BCUT2D eigenvalue weighted by Crippen LogP contribution is -2.57. The lowest BCUT2D eigenvalue weighted by atomic mass is 9.34. The molecule has 5 aromatic carbocycles. The predicted molar refractivity (Wildman–Crippen MR) is 188 cm³/mol. The van der Waals surface area contributed by atoms with Crippen LogP contribution in [0.5, 0.6) is 23.0 Å². The van der Waals surface area contributed by atoms with Gasteiger partial charge in [-0.15, -0.1) is 0 Å². The maximum Gasteiger partial charge on any atom is 0.260 e. The molecule has 9 rings (SSSR count). The van der Waals surface area contributed by atoms with E-state index < -0.39 is 0 Å². The van der Waals surface area contributed by atoms with E-state index in [0.717, 1.165) is 67.3 Å². The zero-order valence-corrected chi connectivity index (χ0v) is 25.8. The van der Waals surface area contributed by atoms with Crippen LogP contribution < -0.4 is 25.9 Å². The molecule has 0 saturated carbocycles. The van der Waals surface area contributed by atoms with Crippen LogP contribution in [-0.2, 0) is 0 Å². The van der Waals surface area contributed by atoms with E-state index in [-0.39, 0.29) is 6.71 Å². The number of nitrogens with zero attached hydrogens (tertiary/aromatic N) is 2. The van der Waals surface area contributed by atoms with Crippen molar-refractivity contribution in [2.75, 3.05) is 0 Å². The molecular weight excluding hydrogens is 563 g/mol. The van der Waals surface area contributed by atoms with Gasteiger partial charge in [-0.1, -0.05) is 60.2 Å². The van der Waals surface area contributed by atoms with Crippen LogP contribution in [0.3, 0.4) is 0 Å². The van der Waals surface area contributed by atoms with E-state index in [0.29, 0.717) is 0 Å². The van der Waals surface area contributed by atoms with Crippen molar-refractivity contribution in [3.8, 4) is 56.6 Å². The van der Waals surface area contributed by atoms with E-state index >= 15 is 0 Å². The number of rotatable bonds is 3. The monoisotopic (exact) mass is 592 g/mol. The first kappa shape index (κ1) is 26.7. The molecule has 0 saturated heterocycles. The number of aromatic nitrogens is 2. The standard InChI is InChI=1S/C41H29BN2O2/c1-24-19-25(2)39(26(3)20-24)29-16-17-43-34(23-29)28-11-13-35-32(21-28)42-33-22-30(41-31-8-5-4-7-27(31)15-18-44-41)12-14-36(33)46-38-10-6-9-37(45-35)40(38)42/h4-23H,1-3H3. The number of hydrogen-bond donors (Lipinski definition) is 0. The van der Waals surface area contributed by atoms with Crippen molar-refractivity contribution in [1.82, 2.24) is 9.97 Å². The van der Waals surface area contributed by atoms with E-state index in [9.17, 15) is 0 Å². The number of fused-ring (bicyclic) bond motifs is 5. The minimum absolute atomic E-state index is 0.0710. The molecule has 0 fully saturated rings.